The summed E-state index contributed by atoms with van der Waals surface area (Å²) in [5.41, 5.74) is 4.99. The predicted molar refractivity (Wildman–Crippen MR) is 66.3 cm³/mol. The molecule has 0 radical (unpaired) electrons. The highest BCUT2D eigenvalue weighted by molar-refractivity contribution is 5.66. The zero-order valence-corrected chi connectivity index (χ0v) is 9.79. The molecule has 0 unspecified atom stereocenters. The van der Waals surface area contributed by atoms with Gasteiger partial charge in [0.15, 0.2) is 0 Å². The van der Waals surface area contributed by atoms with Gasteiger partial charge in [-0.2, -0.15) is 0 Å². The zero-order valence-electron chi connectivity index (χ0n) is 9.79. The normalized spacial score (nSPS) is 10.6. The highest BCUT2D eigenvalue weighted by Gasteiger charge is 2.04. The van der Waals surface area contributed by atoms with Crippen molar-refractivity contribution >= 4 is 0 Å². The molecule has 0 atom stereocenters. The van der Waals surface area contributed by atoms with E-state index in [0.717, 1.165) is 18.7 Å². The van der Waals surface area contributed by atoms with E-state index in [0.29, 0.717) is 0 Å². The molecule has 2 aromatic rings. The lowest BCUT2D eigenvalue weighted by atomic mass is 10.0. The van der Waals surface area contributed by atoms with Crippen LogP contribution in [0.4, 0.5) is 0 Å². The SMILES string of the molecule is CCNCc1ccc(C)c(-c2ccoc2)c1. The van der Waals surface area contributed by atoms with Gasteiger partial charge in [0.1, 0.15) is 0 Å². The smallest absolute Gasteiger partial charge is 0.0981 e. The zero-order chi connectivity index (χ0) is 11.4. The van der Waals surface area contributed by atoms with Crippen molar-refractivity contribution in [2.75, 3.05) is 6.54 Å². The summed E-state index contributed by atoms with van der Waals surface area (Å²) >= 11 is 0. The average Bonchev–Trinajstić information content (AvgIpc) is 2.81. The first-order valence-electron chi connectivity index (χ1n) is 5.64. The van der Waals surface area contributed by atoms with E-state index in [4.69, 9.17) is 4.42 Å². The van der Waals surface area contributed by atoms with Crippen LogP contribution in [0.15, 0.2) is 41.2 Å². The molecular formula is C14H17NO. The molecule has 2 heteroatoms. The van der Waals surface area contributed by atoms with E-state index in [9.17, 15) is 0 Å². The summed E-state index contributed by atoms with van der Waals surface area (Å²) in [5.74, 6) is 0. The number of hydrogen-bond acceptors (Lipinski definition) is 2. The van der Waals surface area contributed by atoms with Gasteiger partial charge < -0.3 is 9.73 Å². The Morgan fingerprint density at radius 1 is 1.25 bits per heavy atom. The van der Waals surface area contributed by atoms with E-state index >= 15 is 0 Å². The van der Waals surface area contributed by atoms with E-state index in [1.165, 1.54) is 16.7 Å². The Labute approximate surface area is 96.3 Å². The van der Waals surface area contributed by atoms with Crippen LogP contribution in [0.2, 0.25) is 0 Å². The van der Waals surface area contributed by atoms with Crippen molar-refractivity contribution in [1.82, 2.24) is 5.32 Å². The van der Waals surface area contributed by atoms with Crippen molar-refractivity contribution in [2.24, 2.45) is 0 Å². The molecule has 0 saturated carbocycles. The highest BCUT2D eigenvalue weighted by atomic mass is 16.3. The molecular weight excluding hydrogens is 198 g/mol. The molecule has 2 rings (SSSR count). The summed E-state index contributed by atoms with van der Waals surface area (Å²) < 4.78 is 5.13. The minimum atomic E-state index is 0.918. The van der Waals surface area contributed by atoms with Crippen LogP contribution in [0.3, 0.4) is 0 Å². The largest absolute Gasteiger partial charge is 0.472 e. The van der Waals surface area contributed by atoms with Gasteiger partial charge in [-0.15, -0.1) is 0 Å². The maximum atomic E-state index is 5.13. The van der Waals surface area contributed by atoms with E-state index in [2.05, 4.69) is 37.4 Å². The summed E-state index contributed by atoms with van der Waals surface area (Å²) in [7, 11) is 0. The molecule has 0 fully saturated rings. The summed E-state index contributed by atoms with van der Waals surface area (Å²) in [6, 6.07) is 8.55. The number of hydrogen-bond donors (Lipinski definition) is 1. The van der Waals surface area contributed by atoms with Crippen LogP contribution >= 0.6 is 0 Å². The molecule has 0 aliphatic rings. The van der Waals surface area contributed by atoms with Crippen LogP contribution in [-0.2, 0) is 6.54 Å². The van der Waals surface area contributed by atoms with E-state index in [1.54, 1.807) is 12.5 Å². The van der Waals surface area contributed by atoms with Gasteiger partial charge in [0.25, 0.3) is 0 Å². The molecule has 0 aliphatic heterocycles. The number of aryl methyl sites for hydroxylation is 1. The van der Waals surface area contributed by atoms with Gasteiger partial charge in [0.05, 0.1) is 12.5 Å². The molecule has 84 valence electrons. The van der Waals surface area contributed by atoms with Crippen molar-refractivity contribution < 1.29 is 4.42 Å². The minimum Gasteiger partial charge on any atom is -0.472 e. The van der Waals surface area contributed by atoms with Crippen molar-refractivity contribution in [2.45, 2.75) is 20.4 Å². The lowest BCUT2D eigenvalue weighted by Gasteiger charge is -2.07. The molecule has 1 aromatic heterocycles. The number of rotatable bonds is 4. The van der Waals surface area contributed by atoms with Crippen molar-refractivity contribution in [3.63, 3.8) is 0 Å². The molecule has 1 N–H and O–H groups in total. The van der Waals surface area contributed by atoms with Crippen molar-refractivity contribution in [1.29, 1.82) is 0 Å². The monoisotopic (exact) mass is 215 g/mol. The maximum Gasteiger partial charge on any atom is 0.0981 e. The van der Waals surface area contributed by atoms with E-state index in [-0.39, 0.29) is 0 Å². The fourth-order valence-electron chi connectivity index (χ4n) is 1.78. The Morgan fingerprint density at radius 2 is 2.12 bits per heavy atom. The molecule has 0 aliphatic carbocycles. The average molecular weight is 215 g/mol. The summed E-state index contributed by atoms with van der Waals surface area (Å²) in [4.78, 5) is 0. The van der Waals surface area contributed by atoms with Gasteiger partial charge in [-0.1, -0.05) is 19.1 Å². The van der Waals surface area contributed by atoms with Crippen LogP contribution in [-0.4, -0.2) is 6.54 Å². The van der Waals surface area contributed by atoms with Crippen LogP contribution in [0.1, 0.15) is 18.1 Å². The quantitative estimate of drug-likeness (QED) is 0.846. The van der Waals surface area contributed by atoms with E-state index < -0.39 is 0 Å². The van der Waals surface area contributed by atoms with Crippen molar-refractivity contribution in [3.05, 3.63) is 47.9 Å². The Hall–Kier alpha value is -1.54. The number of nitrogens with one attached hydrogen (secondary N) is 1. The lowest BCUT2D eigenvalue weighted by Crippen LogP contribution is -2.11. The second-order valence-electron chi connectivity index (χ2n) is 3.94. The third-order valence-corrected chi connectivity index (χ3v) is 2.71. The maximum absolute atomic E-state index is 5.13. The van der Waals surface area contributed by atoms with Gasteiger partial charge in [-0.3, -0.25) is 0 Å². The molecule has 0 bridgehead atoms. The molecule has 0 saturated heterocycles. The van der Waals surface area contributed by atoms with E-state index in [1.807, 2.05) is 6.07 Å². The van der Waals surface area contributed by atoms with Gasteiger partial charge in [0, 0.05) is 12.1 Å². The van der Waals surface area contributed by atoms with Crippen LogP contribution < -0.4 is 5.32 Å². The first kappa shape index (κ1) is 11.0. The van der Waals surface area contributed by atoms with Gasteiger partial charge in [-0.05, 0) is 42.3 Å². The van der Waals surface area contributed by atoms with Crippen LogP contribution in [0.5, 0.6) is 0 Å². The number of benzene rings is 1. The Bertz CT molecular complexity index is 446. The third kappa shape index (κ3) is 2.34. The van der Waals surface area contributed by atoms with Gasteiger partial charge in [0.2, 0.25) is 0 Å². The standard InChI is InChI=1S/C14H17NO/c1-3-15-9-12-5-4-11(2)14(8-12)13-6-7-16-10-13/h4-8,10,15H,3,9H2,1-2H3. The number of furan rings is 1. The molecule has 1 heterocycles. The highest BCUT2D eigenvalue weighted by Crippen LogP contribution is 2.24. The molecule has 0 amide bonds. The van der Waals surface area contributed by atoms with Gasteiger partial charge >= 0.3 is 0 Å². The van der Waals surface area contributed by atoms with Crippen LogP contribution in [0.25, 0.3) is 11.1 Å². The minimum absolute atomic E-state index is 0.918. The fraction of sp³-hybridized carbons (Fsp3) is 0.286. The molecule has 16 heavy (non-hydrogen) atoms. The second-order valence-corrected chi connectivity index (χ2v) is 3.94. The Balaban J connectivity index is 2.30. The van der Waals surface area contributed by atoms with Crippen molar-refractivity contribution in [3.8, 4) is 11.1 Å². The first-order valence-corrected chi connectivity index (χ1v) is 5.64. The fourth-order valence-corrected chi connectivity index (χ4v) is 1.78. The Kier molecular flexibility index (Phi) is 3.42. The lowest BCUT2D eigenvalue weighted by molar-refractivity contribution is 0.568. The molecule has 0 spiro atoms. The van der Waals surface area contributed by atoms with Gasteiger partial charge in [-0.25, -0.2) is 0 Å². The topological polar surface area (TPSA) is 25.2 Å². The summed E-state index contributed by atoms with van der Waals surface area (Å²) in [6.45, 7) is 6.15. The summed E-state index contributed by atoms with van der Waals surface area (Å²) in [6.07, 6.45) is 3.51. The second kappa shape index (κ2) is 4.99. The van der Waals surface area contributed by atoms with Crippen LogP contribution in [0, 0.1) is 6.92 Å². The predicted octanol–water partition coefficient (Wildman–Crippen LogP) is 3.36. The Morgan fingerprint density at radius 3 is 2.81 bits per heavy atom. The molecule has 2 nitrogen and oxygen atoms in total. The first-order chi connectivity index (χ1) is 7.81. The molecule has 1 aromatic carbocycles. The third-order valence-electron chi connectivity index (χ3n) is 2.71. The summed E-state index contributed by atoms with van der Waals surface area (Å²) in [5, 5.41) is 3.33.